The Bertz CT molecular complexity index is 575. The normalized spacial score (nSPS) is 45.1. The van der Waals surface area contributed by atoms with Crippen LogP contribution in [-0.4, -0.2) is 23.6 Å². The van der Waals surface area contributed by atoms with Crippen LogP contribution in [0.2, 0.25) is 0 Å². The van der Waals surface area contributed by atoms with Crippen LogP contribution in [0, 0.1) is 41.4 Å². The number of ether oxygens (including phenoxy) is 2. The van der Waals surface area contributed by atoms with Crippen molar-refractivity contribution >= 4 is 11.9 Å². The van der Waals surface area contributed by atoms with Crippen LogP contribution in [0.4, 0.5) is 0 Å². The van der Waals surface area contributed by atoms with E-state index < -0.39 is 5.60 Å². The van der Waals surface area contributed by atoms with Gasteiger partial charge in [-0.1, -0.05) is 6.58 Å². The first-order valence-corrected chi connectivity index (χ1v) is 9.34. The highest BCUT2D eigenvalue weighted by molar-refractivity contribution is 5.81. The first-order chi connectivity index (χ1) is 11.3. The molecule has 132 valence electrons. The third kappa shape index (κ3) is 2.41. The molecular weight excluding hydrogens is 304 g/mol. The number of hydrogen-bond acceptors (Lipinski definition) is 4. The average molecular weight is 332 g/mol. The first-order valence-electron chi connectivity index (χ1n) is 9.34. The van der Waals surface area contributed by atoms with Gasteiger partial charge in [-0.3, -0.25) is 4.79 Å². The summed E-state index contributed by atoms with van der Waals surface area (Å²) in [7, 11) is 0. The maximum atomic E-state index is 12.6. The Kier molecular flexibility index (Phi) is 3.59. The van der Waals surface area contributed by atoms with E-state index in [2.05, 4.69) is 6.58 Å². The molecule has 0 radical (unpaired) electrons. The van der Waals surface area contributed by atoms with Crippen LogP contribution in [0.3, 0.4) is 0 Å². The summed E-state index contributed by atoms with van der Waals surface area (Å²) in [6.45, 7) is 9.30. The molecule has 4 saturated carbocycles. The Morgan fingerprint density at radius 2 is 1.67 bits per heavy atom. The maximum absolute atomic E-state index is 12.6. The van der Waals surface area contributed by atoms with Gasteiger partial charge in [0.15, 0.2) is 0 Å². The Balaban J connectivity index is 1.49. The first kappa shape index (κ1) is 16.2. The summed E-state index contributed by atoms with van der Waals surface area (Å²) in [5.74, 6) is 3.22. The fourth-order valence-corrected chi connectivity index (χ4v) is 6.52. The Morgan fingerprint density at radius 1 is 1.00 bits per heavy atom. The van der Waals surface area contributed by atoms with Gasteiger partial charge >= 0.3 is 11.9 Å². The molecule has 4 aliphatic rings. The number of carbonyl (C=O) groups is 2. The van der Waals surface area contributed by atoms with E-state index in [1.807, 2.05) is 20.8 Å². The van der Waals surface area contributed by atoms with Gasteiger partial charge < -0.3 is 9.47 Å². The maximum Gasteiger partial charge on any atom is 0.330 e. The molecule has 24 heavy (non-hydrogen) atoms. The minimum atomic E-state index is -0.422. The summed E-state index contributed by atoms with van der Waals surface area (Å²) in [5.41, 5.74) is -0.422. The summed E-state index contributed by atoms with van der Waals surface area (Å²) in [6, 6.07) is 0. The summed E-state index contributed by atoms with van der Waals surface area (Å²) in [6.07, 6.45) is 5.62. The van der Waals surface area contributed by atoms with Gasteiger partial charge in [0, 0.05) is 6.08 Å². The van der Waals surface area contributed by atoms with Gasteiger partial charge in [-0.25, -0.2) is 4.79 Å². The van der Waals surface area contributed by atoms with Gasteiger partial charge in [-0.2, -0.15) is 0 Å². The molecule has 0 saturated heterocycles. The van der Waals surface area contributed by atoms with Crippen LogP contribution in [0.15, 0.2) is 12.7 Å². The third-order valence-electron chi connectivity index (χ3n) is 6.90. The molecule has 8 unspecified atom stereocenters. The second-order valence-electron chi connectivity index (χ2n) is 9.26. The second-order valence-corrected chi connectivity index (χ2v) is 9.26. The minimum absolute atomic E-state index is 0.0177. The molecule has 4 heteroatoms. The topological polar surface area (TPSA) is 52.6 Å². The van der Waals surface area contributed by atoms with Gasteiger partial charge in [0.05, 0.1) is 5.92 Å². The molecule has 0 N–H and O–H groups in total. The molecule has 4 fully saturated rings. The van der Waals surface area contributed by atoms with Crippen LogP contribution in [0.25, 0.3) is 0 Å². The summed E-state index contributed by atoms with van der Waals surface area (Å²) in [5, 5.41) is 0. The number of rotatable bonds is 3. The molecule has 4 rings (SSSR count). The second kappa shape index (κ2) is 5.34. The predicted molar refractivity (Wildman–Crippen MR) is 88.8 cm³/mol. The molecule has 0 aromatic rings. The van der Waals surface area contributed by atoms with Crippen LogP contribution < -0.4 is 0 Å². The highest BCUT2D eigenvalue weighted by atomic mass is 16.6. The van der Waals surface area contributed by atoms with Crippen molar-refractivity contribution in [2.75, 3.05) is 0 Å². The zero-order valence-electron chi connectivity index (χ0n) is 14.9. The summed E-state index contributed by atoms with van der Waals surface area (Å²) >= 11 is 0. The number of carbonyl (C=O) groups excluding carboxylic acids is 2. The van der Waals surface area contributed by atoms with E-state index in [0.29, 0.717) is 29.6 Å². The fourth-order valence-electron chi connectivity index (χ4n) is 6.52. The van der Waals surface area contributed by atoms with Crippen molar-refractivity contribution in [1.82, 2.24) is 0 Å². The lowest BCUT2D eigenvalue weighted by molar-refractivity contribution is -0.165. The van der Waals surface area contributed by atoms with Gasteiger partial charge in [0.1, 0.15) is 11.7 Å². The van der Waals surface area contributed by atoms with Crippen LogP contribution in [-0.2, 0) is 19.1 Å². The van der Waals surface area contributed by atoms with Crippen molar-refractivity contribution in [3.63, 3.8) is 0 Å². The molecule has 0 aliphatic heterocycles. The van der Waals surface area contributed by atoms with Gasteiger partial charge in [0.25, 0.3) is 0 Å². The number of esters is 2. The van der Waals surface area contributed by atoms with Crippen LogP contribution in [0.1, 0.15) is 46.5 Å². The summed E-state index contributed by atoms with van der Waals surface area (Å²) in [4.78, 5) is 24.2. The SMILES string of the molecule is C=CC(=O)OC1CC2CC1C1C3CC(CC3C(=O)OC(C)(C)C)C21. The molecule has 4 aliphatic carbocycles. The lowest BCUT2D eigenvalue weighted by Crippen LogP contribution is -2.42. The molecule has 0 amide bonds. The lowest BCUT2D eigenvalue weighted by Gasteiger charge is -2.40. The van der Waals surface area contributed by atoms with E-state index in [9.17, 15) is 9.59 Å². The molecule has 0 aromatic heterocycles. The molecular formula is C20H28O4. The Hall–Kier alpha value is -1.32. The Labute approximate surface area is 144 Å². The van der Waals surface area contributed by atoms with Gasteiger partial charge in [-0.05, 0) is 82.0 Å². The van der Waals surface area contributed by atoms with E-state index >= 15 is 0 Å². The van der Waals surface area contributed by atoms with Crippen molar-refractivity contribution in [2.45, 2.75) is 58.2 Å². The smallest absolute Gasteiger partial charge is 0.330 e. The van der Waals surface area contributed by atoms with E-state index in [-0.39, 0.29) is 24.0 Å². The van der Waals surface area contributed by atoms with Crippen molar-refractivity contribution < 1.29 is 19.1 Å². The van der Waals surface area contributed by atoms with Gasteiger partial charge in [0.2, 0.25) is 0 Å². The average Bonchev–Trinajstić information content (AvgIpc) is 3.22. The lowest BCUT2D eigenvalue weighted by atomic mass is 9.66. The van der Waals surface area contributed by atoms with Crippen molar-refractivity contribution in [1.29, 1.82) is 0 Å². The van der Waals surface area contributed by atoms with Crippen LogP contribution in [0.5, 0.6) is 0 Å². The monoisotopic (exact) mass is 332 g/mol. The molecule has 0 spiro atoms. The highest BCUT2D eigenvalue weighted by Gasteiger charge is 2.66. The largest absolute Gasteiger partial charge is 0.460 e. The fraction of sp³-hybridized carbons (Fsp3) is 0.800. The number of hydrogen-bond donors (Lipinski definition) is 0. The van der Waals surface area contributed by atoms with E-state index in [1.54, 1.807) is 0 Å². The summed E-state index contributed by atoms with van der Waals surface area (Å²) < 4.78 is 11.3. The van der Waals surface area contributed by atoms with E-state index in [4.69, 9.17) is 9.47 Å². The van der Waals surface area contributed by atoms with Crippen molar-refractivity contribution in [3.05, 3.63) is 12.7 Å². The predicted octanol–water partition coefficient (Wildman–Crippen LogP) is 3.35. The zero-order chi connectivity index (χ0) is 17.2. The highest BCUT2D eigenvalue weighted by Crippen LogP contribution is 2.69. The zero-order valence-corrected chi connectivity index (χ0v) is 14.9. The van der Waals surface area contributed by atoms with Crippen LogP contribution >= 0.6 is 0 Å². The van der Waals surface area contributed by atoms with E-state index in [1.165, 1.54) is 12.5 Å². The minimum Gasteiger partial charge on any atom is -0.460 e. The quantitative estimate of drug-likeness (QED) is 0.452. The molecule has 4 bridgehead atoms. The Morgan fingerprint density at radius 3 is 2.33 bits per heavy atom. The standard InChI is InChI=1S/C20H28O4/c1-5-16(21)23-15-9-11-8-14(15)18-12-6-10(17(11)18)7-13(12)19(22)24-20(2,3)4/h5,10-15,17-18H,1,6-9H2,2-4H3. The number of fused-ring (bicyclic) bond motifs is 9. The van der Waals surface area contributed by atoms with Crippen molar-refractivity contribution in [2.24, 2.45) is 41.4 Å². The van der Waals surface area contributed by atoms with E-state index in [0.717, 1.165) is 25.2 Å². The van der Waals surface area contributed by atoms with Crippen molar-refractivity contribution in [3.8, 4) is 0 Å². The van der Waals surface area contributed by atoms with Gasteiger partial charge in [-0.15, -0.1) is 0 Å². The molecule has 0 heterocycles. The molecule has 8 atom stereocenters. The third-order valence-corrected chi connectivity index (χ3v) is 6.90. The molecule has 0 aromatic carbocycles. The molecule has 4 nitrogen and oxygen atoms in total.